The van der Waals surface area contributed by atoms with Crippen LogP contribution in [-0.2, 0) is 15.8 Å². The van der Waals surface area contributed by atoms with Gasteiger partial charge in [0.15, 0.2) is 5.76 Å². The van der Waals surface area contributed by atoms with Crippen molar-refractivity contribution in [2.45, 2.75) is 84.2 Å². The summed E-state index contributed by atoms with van der Waals surface area (Å²) in [6, 6.07) is 4.98. The number of carboxylic acids is 1. The van der Waals surface area contributed by atoms with Gasteiger partial charge in [-0.3, -0.25) is 9.59 Å². The average molecular weight is 529 g/mol. The molecule has 1 atom stereocenters. The molecule has 1 fully saturated rings. The molecule has 2 N–H and O–H groups in total. The highest BCUT2D eigenvalue weighted by molar-refractivity contribution is 6.33. The Balaban J connectivity index is 1.85. The molecule has 1 heterocycles. The van der Waals surface area contributed by atoms with Crippen LogP contribution in [-0.4, -0.2) is 22.1 Å². The number of hydrogen-bond acceptors (Lipinski definition) is 4. The van der Waals surface area contributed by atoms with Crippen molar-refractivity contribution in [3.8, 4) is 0 Å². The number of benzene rings is 1. The number of carboxylic acid groups (broad SMARTS) is 1. The molecule has 6 nitrogen and oxygen atoms in total. The normalized spacial score (nSPS) is 19.0. The van der Waals surface area contributed by atoms with E-state index in [-0.39, 0.29) is 17.6 Å². The fourth-order valence-corrected chi connectivity index (χ4v) is 5.20. The van der Waals surface area contributed by atoms with Crippen LogP contribution < -0.4 is 5.32 Å². The Labute approximate surface area is 213 Å². The molecule has 1 aliphatic rings. The van der Waals surface area contributed by atoms with Gasteiger partial charge in [0.05, 0.1) is 16.4 Å². The molecule has 1 aromatic heterocycles. The van der Waals surface area contributed by atoms with E-state index in [1.165, 1.54) is 0 Å². The van der Waals surface area contributed by atoms with Gasteiger partial charge in [-0.1, -0.05) is 43.6 Å². The van der Waals surface area contributed by atoms with Crippen molar-refractivity contribution in [3.05, 3.63) is 45.8 Å². The minimum atomic E-state index is -4.75. The molecule has 1 aromatic carbocycles. The first kappa shape index (κ1) is 28.0. The number of aromatic nitrogens is 1. The quantitative estimate of drug-likeness (QED) is 0.350. The highest BCUT2D eigenvalue weighted by Gasteiger charge is 2.47. The highest BCUT2D eigenvalue weighted by Crippen LogP contribution is 2.51. The van der Waals surface area contributed by atoms with Crippen LogP contribution in [0, 0.1) is 18.3 Å². The Kier molecular flexibility index (Phi) is 8.43. The minimum absolute atomic E-state index is 0.0741. The van der Waals surface area contributed by atoms with Gasteiger partial charge in [0.25, 0.3) is 0 Å². The second-order valence-corrected chi connectivity index (χ2v) is 11.4. The van der Waals surface area contributed by atoms with Gasteiger partial charge in [0.2, 0.25) is 5.91 Å². The lowest BCUT2D eigenvalue weighted by molar-refractivity contribution is -0.140. The molecule has 1 aliphatic carbocycles. The smallest absolute Gasteiger partial charge is 0.421 e. The largest absolute Gasteiger partial charge is 0.481 e. The van der Waals surface area contributed by atoms with E-state index in [1.807, 2.05) is 6.92 Å². The maximum atomic E-state index is 14.2. The van der Waals surface area contributed by atoms with E-state index >= 15 is 0 Å². The van der Waals surface area contributed by atoms with E-state index in [2.05, 4.69) is 31.2 Å². The first-order chi connectivity index (χ1) is 16.6. The number of aliphatic carboxylic acids is 1. The van der Waals surface area contributed by atoms with Gasteiger partial charge >= 0.3 is 12.1 Å². The molecule has 0 saturated heterocycles. The van der Waals surface area contributed by atoms with Crippen molar-refractivity contribution in [3.63, 3.8) is 0 Å². The van der Waals surface area contributed by atoms with Gasteiger partial charge in [-0.05, 0) is 61.6 Å². The molecule has 0 aliphatic heterocycles. The van der Waals surface area contributed by atoms with E-state index in [1.54, 1.807) is 18.2 Å². The standard InChI is InChI=1S/C26H32ClF3N2O4/c1-14-5-7-19(18(27)9-14)31-20(33)12-16(6-8-21(34)35)23-22(26(28,29)30)24(36-32-23)17-10-15(11-17)13-25(2,3)4/h5,7,9,15-17H,6,8,10-13H2,1-4H3,(H,31,33)(H,34,35). The predicted molar refractivity (Wildman–Crippen MR) is 130 cm³/mol. The summed E-state index contributed by atoms with van der Waals surface area (Å²) in [6.07, 6.45) is -3.73. The van der Waals surface area contributed by atoms with Crippen molar-refractivity contribution >= 4 is 29.2 Å². The van der Waals surface area contributed by atoms with Crippen LogP contribution in [0.15, 0.2) is 22.7 Å². The van der Waals surface area contributed by atoms with Crippen molar-refractivity contribution in [2.75, 3.05) is 5.32 Å². The Bertz CT molecular complexity index is 1100. The topological polar surface area (TPSA) is 92.4 Å². The van der Waals surface area contributed by atoms with Crippen LogP contribution in [0.1, 0.15) is 93.7 Å². The summed E-state index contributed by atoms with van der Waals surface area (Å²) in [5.74, 6) is -3.19. The summed E-state index contributed by atoms with van der Waals surface area (Å²) in [5.41, 5.74) is -0.116. The molecular weight excluding hydrogens is 497 g/mol. The molecule has 2 aromatic rings. The number of rotatable bonds is 9. The van der Waals surface area contributed by atoms with Gasteiger partial charge in [-0.15, -0.1) is 0 Å². The molecule has 1 amide bonds. The zero-order valence-corrected chi connectivity index (χ0v) is 21.6. The number of carbonyl (C=O) groups is 2. The van der Waals surface area contributed by atoms with E-state index < -0.39 is 54.0 Å². The number of nitrogens with one attached hydrogen (secondary N) is 1. The van der Waals surface area contributed by atoms with E-state index in [9.17, 15) is 22.8 Å². The molecule has 36 heavy (non-hydrogen) atoms. The number of anilines is 1. The number of amides is 1. The average Bonchev–Trinajstić information content (AvgIpc) is 3.14. The Morgan fingerprint density at radius 1 is 1.25 bits per heavy atom. The second kappa shape index (κ2) is 10.8. The molecule has 0 spiro atoms. The molecule has 0 bridgehead atoms. The maximum Gasteiger partial charge on any atom is 0.421 e. The van der Waals surface area contributed by atoms with E-state index in [4.69, 9.17) is 21.2 Å². The third-order valence-electron chi connectivity index (χ3n) is 6.46. The van der Waals surface area contributed by atoms with Crippen molar-refractivity contribution in [2.24, 2.45) is 11.3 Å². The van der Waals surface area contributed by atoms with Crippen LogP contribution >= 0.6 is 11.6 Å². The lowest BCUT2D eigenvalue weighted by Gasteiger charge is -2.38. The Hall–Kier alpha value is -2.55. The number of carbonyl (C=O) groups excluding carboxylic acids is 1. The van der Waals surface area contributed by atoms with Gasteiger partial charge in [-0.2, -0.15) is 13.2 Å². The first-order valence-corrected chi connectivity index (χ1v) is 12.4. The van der Waals surface area contributed by atoms with Crippen molar-refractivity contribution in [1.82, 2.24) is 5.16 Å². The third kappa shape index (κ3) is 7.24. The lowest BCUT2D eigenvalue weighted by Crippen LogP contribution is -2.27. The van der Waals surface area contributed by atoms with Gasteiger partial charge in [0.1, 0.15) is 5.56 Å². The second-order valence-electron chi connectivity index (χ2n) is 11.0. The molecule has 1 saturated carbocycles. The van der Waals surface area contributed by atoms with Crippen LogP contribution in [0.4, 0.5) is 18.9 Å². The molecule has 3 rings (SSSR count). The summed E-state index contributed by atoms with van der Waals surface area (Å²) in [7, 11) is 0. The molecule has 10 heteroatoms. The summed E-state index contributed by atoms with van der Waals surface area (Å²) >= 11 is 6.16. The predicted octanol–water partition coefficient (Wildman–Crippen LogP) is 7.56. The maximum absolute atomic E-state index is 14.2. The summed E-state index contributed by atoms with van der Waals surface area (Å²) in [4.78, 5) is 24.0. The zero-order chi connectivity index (χ0) is 26.8. The van der Waals surface area contributed by atoms with Crippen LogP contribution in [0.5, 0.6) is 0 Å². The first-order valence-electron chi connectivity index (χ1n) is 12.0. The number of alkyl halides is 3. The van der Waals surface area contributed by atoms with Gasteiger partial charge in [0, 0.05) is 24.7 Å². The van der Waals surface area contributed by atoms with Gasteiger partial charge in [-0.25, -0.2) is 0 Å². The fraction of sp³-hybridized carbons (Fsp3) is 0.577. The number of aryl methyl sites for hydroxylation is 1. The molecule has 198 valence electrons. The Morgan fingerprint density at radius 3 is 2.47 bits per heavy atom. The fourth-order valence-electron chi connectivity index (χ4n) is 4.92. The number of nitrogens with zero attached hydrogens (tertiary/aromatic N) is 1. The van der Waals surface area contributed by atoms with E-state index in [0.29, 0.717) is 29.5 Å². The minimum Gasteiger partial charge on any atom is -0.481 e. The Morgan fingerprint density at radius 2 is 1.92 bits per heavy atom. The third-order valence-corrected chi connectivity index (χ3v) is 6.77. The monoisotopic (exact) mass is 528 g/mol. The van der Waals surface area contributed by atoms with Gasteiger partial charge < -0.3 is 14.9 Å². The zero-order valence-electron chi connectivity index (χ0n) is 20.8. The van der Waals surface area contributed by atoms with Crippen LogP contribution in [0.25, 0.3) is 0 Å². The lowest BCUT2D eigenvalue weighted by atomic mass is 9.67. The van der Waals surface area contributed by atoms with Crippen LogP contribution in [0.2, 0.25) is 5.02 Å². The number of halogens is 4. The molecular formula is C26H32ClF3N2O4. The highest BCUT2D eigenvalue weighted by atomic mass is 35.5. The summed E-state index contributed by atoms with van der Waals surface area (Å²) < 4.78 is 47.9. The summed E-state index contributed by atoms with van der Waals surface area (Å²) in [6.45, 7) is 8.11. The van der Waals surface area contributed by atoms with Crippen molar-refractivity contribution in [1.29, 1.82) is 0 Å². The summed E-state index contributed by atoms with van der Waals surface area (Å²) in [5, 5.41) is 15.8. The molecule has 0 radical (unpaired) electrons. The van der Waals surface area contributed by atoms with Crippen LogP contribution in [0.3, 0.4) is 0 Å². The van der Waals surface area contributed by atoms with Crippen molar-refractivity contribution < 1.29 is 32.4 Å². The molecule has 1 unspecified atom stereocenters. The number of hydrogen-bond donors (Lipinski definition) is 2. The van der Waals surface area contributed by atoms with E-state index in [0.717, 1.165) is 12.0 Å². The SMILES string of the molecule is Cc1ccc(NC(=O)CC(CCC(=O)O)c2noc(C3CC(CC(C)(C)C)C3)c2C(F)(F)F)c(Cl)c1.